The molecule has 0 saturated heterocycles. The van der Waals surface area contributed by atoms with Crippen LogP contribution in [0.2, 0.25) is 5.02 Å². The third-order valence-corrected chi connectivity index (χ3v) is 8.49. The van der Waals surface area contributed by atoms with E-state index >= 15 is 0 Å². The van der Waals surface area contributed by atoms with E-state index in [0.717, 1.165) is 22.7 Å². The van der Waals surface area contributed by atoms with Crippen LogP contribution in [-0.4, -0.2) is 51.4 Å². The Labute approximate surface area is 241 Å². The molecule has 0 aromatic heterocycles. The van der Waals surface area contributed by atoms with Gasteiger partial charge in [-0.05, 0) is 66.9 Å². The second-order valence-electron chi connectivity index (χ2n) is 9.24. The molecule has 0 saturated carbocycles. The van der Waals surface area contributed by atoms with Crippen LogP contribution < -0.4 is 14.4 Å². The molecule has 0 heterocycles. The number of carbonyl (C=O) groups excluding carboxylic acids is 2. The number of ether oxygens (including phenoxy) is 1. The number of sulfonamides is 1. The number of rotatable bonds is 14. The molecule has 3 aromatic carbocycles. The standard InChI is InChI=1S/C30H36ClN3O5S/c1-4-6-20-32-30(36)28(5-2)33(21-23-12-14-24(31)15-13-23)29(35)22-34(25-16-18-26(39-3)19-17-25)40(37,38)27-10-8-7-9-11-27/h7-19,28H,4-6,20-22H2,1-3H3,(H,32,36)/t28-/m0/s1. The fraction of sp³-hybridized carbons (Fsp3) is 0.333. The number of methoxy groups -OCH3 is 1. The van der Waals surface area contributed by atoms with Crippen molar-refractivity contribution >= 4 is 39.1 Å². The Morgan fingerprint density at radius 3 is 2.17 bits per heavy atom. The molecule has 214 valence electrons. The molecule has 10 heteroatoms. The maximum atomic E-state index is 14.0. The summed E-state index contributed by atoms with van der Waals surface area (Å²) in [5.41, 5.74) is 1.06. The van der Waals surface area contributed by atoms with Crippen molar-refractivity contribution in [3.05, 3.63) is 89.4 Å². The first-order valence-corrected chi connectivity index (χ1v) is 15.1. The van der Waals surface area contributed by atoms with Gasteiger partial charge in [0.05, 0.1) is 17.7 Å². The van der Waals surface area contributed by atoms with Crippen LogP contribution in [0.3, 0.4) is 0 Å². The lowest BCUT2D eigenvalue weighted by molar-refractivity contribution is -0.140. The van der Waals surface area contributed by atoms with E-state index in [1.165, 1.54) is 24.1 Å². The average Bonchev–Trinajstić information content (AvgIpc) is 2.97. The minimum atomic E-state index is -4.12. The van der Waals surface area contributed by atoms with Crippen LogP contribution in [0.1, 0.15) is 38.7 Å². The second-order valence-corrected chi connectivity index (χ2v) is 11.5. The van der Waals surface area contributed by atoms with Gasteiger partial charge in [0.2, 0.25) is 11.8 Å². The van der Waals surface area contributed by atoms with Crippen LogP contribution >= 0.6 is 11.6 Å². The van der Waals surface area contributed by atoms with Crippen LogP contribution in [0.15, 0.2) is 83.8 Å². The van der Waals surface area contributed by atoms with Crippen molar-refractivity contribution in [2.24, 2.45) is 0 Å². The van der Waals surface area contributed by atoms with Crippen LogP contribution in [-0.2, 0) is 26.2 Å². The van der Waals surface area contributed by atoms with E-state index in [1.54, 1.807) is 66.7 Å². The van der Waals surface area contributed by atoms with Gasteiger partial charge in [0, 0.05) is 18.1 Å². The van der Waals surface area contributed by atoms with Gasteiger partial charge in [0.15, 0.2) is 0 Å². The molecule has 0 unspecified atom stereocenters. The van der Waals surface area contributed by atoms with Gasteiger partial charge in [-0.1, -0.05) is 62.2 Å². The van der Waals surface area contributed by atoms with E-state index in [2.05, 4.69) is 5.32 Å². The van der Waals surface area contributed by atoms with Crippen molar-refractivity contribution in [2.45, 2.75) is 50.6 Å². The molecular weight excluding hydrogens is 550 g/mol. The van der Waals surface area contributed by atoms with E-state index < -0.39 is 28.5 Å². The van der Waals surface area contributed by atoms with E-state index in [4.69, 9.17) is 16.3 Å². The summed E-state index contributed by atoms with van der Waals surface area (Å²) in [4.78, 5) is 28.7. The molecule has 1 N–H and O–H groups in total. The predicted molar refractivity (Wildman–Crippen MR) is 158 cm³/mol. The largest absolute Gasteiger partial charge is 0.497 e. The summed E-state index contributed by atoms with van der Waals surface area (Å²) >= 11 is 6.06. The Hall–Kier alpha value is -3.56. The summed E-state index contributed by atoms with van der Waals surface area (Å²) in [6, 6.07) is 20.6. The number of nitrogens with zero attached hydrogens (tertiary/aromatic N) is 2. The number of hydrogen-bond acceptors (Lipinski definition) is 5. The van der Waals surface area contributed by atoms with Gasteiger partial charge in [-0.2, -0.15) is 0 Å². The molecule has 3 aromatic rings. The number of benzene rings is 3. The maximum Gasteiger partial charge on any atom is 0.264 e. The lowest BCUT2D eigenvalue weighted by Crippen LogP contribution is -2.52. The van der Waals surface area contributed by atoms with Gasteiger partial charge in [-0.15, -0.1) is 0 Å². The Balaban J connectivity index is 2.02. The highest BCUT2D eigenvalue weighted by Gasteiger charge is 2.33. The number of nitrogens with one attached hydrogen (secondary N) is 1. The average molecular weight is 586 g/mol. The number of unbranched alkanes of at least 4 members (excludes halogenated alkanes) is 1. The zero-order valence-electron chi connectivity index (χ0n) is 23.0. The van der Waals surface area contributed by atoms with Crippen molar-refractivity contribution in [1.82, 2.24) is 10.2 Å². The summed E-state index contributed by atoms with van der Waals surface area (Å²) in [7, 11) is -2.61. The molecule has 0 aliphatic heterocycles. The molecule has 0 bridgehead atoms. The lowest BCUT2D eigenvalue weighted by atomic mass is 10.1. The predicted octanol–water partition coefficient (Wildman–Crippen LogP) is 5.27. The van der Waals surface area contributed by atoms with Gasteiger partial charge in [0.25, 0.3) is 10.0 Å². The number of halogens is 1. The lowest BCUT2D eigenvalue weighted by Gasteiger charge is -2.33. The molecule has 8 nitrogen and oxygen atoms in total. The van der Waals surface area contributed by atoms with Gasteiger partial charge in [-0.3, -0.25) is 13.9 Å². The fourth-order valence-electron chi connectivity index (χ4n) is 4.21. The highest BCUT2D eigenvalue weighted by molar-refractivity contribution is 7.92. The highest BCUT2D eigenvalue weighted by Crippen LogP contribution is 2.27. The Morgan fingerprint density at radius 2 is 1.60 bits per heavy atom. The molecule has 3 rings (SSSR count). The Bertz CT molecular complexity index is 1350. The number of amides is 2. The van der Waals surface area contributed by atoms with Crippen LogP contribution in [0.5, 0.6) is 5.75 Å². The summed E-state index contributed by atoms with van der Waals surface area (Å²) < 4.78 is 33.9. The van der Waals surface area contributed by atoms with Crippen molar-refractivity contribution in [2.75, 3.05) is 24.5 Å². The first kappa shape index (κ1) is 31.0. The van der Waals surface area contributed by atoms with Crippen molar-refractivity contribution in [3.8, 4) is 5.75 Å². The smallest absolute Gasteiger partial charge is 0.264 e. The van der Waals surface area contributed by atoms with Crippen LogP contribution in [0.25, 0.3) is 0 Å². The molecule has 0 aliphatic carbocycles. The zero-order valence-corrected chi connectivity index (χ0v) is 24.6. The molecule has 0 radical (unpaired) electrons. The summed E-state index contributed by atoms with van der Waals surface area (Å²) in [5, 5.41) is 3.47. The van der Waals surface area contributed by atoms with Gasteiger partial charge in [0.1, 0.15) is 18.3 Å². The van der Waals surface area contributed by atoms with E-state index in [1.807, 2.05) is 13.8 Å². The van der Waals surface area contributed by atoms with E-state index in [9.17, 15) is 18.0 Å². The van der Waals surface area contributed by atoms with E-state index in [-0.39, 0.29) is 17.3 Å². The molecule has 0 fully saturated rings. The maximum absolute atomic E-state index is 14.0. The fourth-order valence-corrected chi connectivity index (χ4v) is 5.77. The molecule has 1 atom stereocenters. The SMILES string of the molecule is CCCCNC(=O)[C@H](CC)N(Cc1ccc(Cl)cc1)C(=O)CN(c1ccc(OC)cc1)S(=O)(=O)c1ccccc1. The molecule has 0 aliphatic rings. The molecule has 2 amide bonds. The van der Waals surface area contributed by atoms with Crippen molar-refractivity contribution in [1.29, 1.82) is 0 Å². The Morgan fingerprint density at radius 1 is 0.950 bits per heavy atom. The highest BCUT2D eigenvalue weighted by atomic mass is 35.5. The molecular formula is C30H36ClN3O5S. The quantitative estimate of drug-likeness (QED) is 0.260. The second kappa shape index (κ2) is 14.7. The summed E-state index contributed by atoms with van der Waals surface area (Å²) in [6.45, 7) is 3.96. The van der Waals surface area contributed by atoms with E-state index in [0.29, 0.717) is 29.4 Å². The third kappa shape index (κ3) is 7.99. The third-order valence-electron chi connectivity index (χ3n) is 6.45. The zero-order chi connectivity index (χ0) is 29.1. The topological polar surface area (TPSA) is 96.0 Å². The van der Waals surface area contributed by atoms with Crippen LogP contribution in [0, 0.1) is 0 Å². The Kier molecular flexibility index (Phi) is 11.4. The number of anilines is 1. The minimum Gasteiger partial charge on any atom is -0.497 e. The normalized spacial score (nSPS) is 11.9. The summed E-state index contributed by atoms with van der Waals surface area (Å²) in [6.07, 6.45) is 2.08. The van der Waals surface area contributed by atoms with Gasteiger partial charge in [-0.25, -0.2) is 8.42 Å². The minimum absolute atomic E-state index is 0.0484. The van der Waals surface area contributed by atoms with Gasteiger partial charge < -0.3 is 15.0 Å². The van der Waals surface area contributed by atoms with Gasteiger partial charge >= 0.3 is 0 Å². The number of hydrogen-bond donors (Lipinski definition) is 1. The molecule has 0 spiro atoms. The number of carbonyl (C=O) groups is 2. The molecule has 40 heavy (non-hydrogen) atoms. The monoisotopic (exact) mass is 585 g/mol. The first-order valence-electron chi connectivity index (χ1n) is 13.2. The first-order chi connectivity index (χ1) is 19.2. The van der Waals surface area contributed by atoms with Crippen molar-refractivity contribution in [3.63, 3.8) is 0 Å². The van der Waals surface area contributed by atoms with Crippen molar-refractivity contribution < 1.29 is 22.7 Å². The van der Waals surface area contributed by atoms with Crippen LogP contribution in [0.4, 0.5) is 5.69 Å². The summed E-state index contributed by atoms with van der Waals surface area (Å²) in [5.74, 6) is -0.241.